The molecule has 2 aromatic rings. The lowest BCUT2D eigenvalue weighted by Crippen LogP contribution is -2.52. The number of aliphatic hydroxyl groups is 1. The number of carbonyl (C=O) groups excluding carboxylic acids is 3. The summed E-state index contributed by atoms with van der Waals surface area (Å²) in [5, 5.41) is 25.0. The van der Waals surface area contributed by atoms with Crippen LogP contribution in [0.4, 0.5) is 0 Å². The summed E-state index contributed by atoms with van der Waals surface area (Å²) in [6.45, 7) is 4.23. The van der Waals surface area contributed by atoms with Gasteiger partial charge >= 0.3 is 5.97 Å². The Hall–Kier alpha value is -3.47. The zero-order valence-corrected chi connectivity index (χ0v) is 20.5. The van der Waals surface area contributed by atoms with Crippen LogP contribution in [0.1, 0.15) is 48.0 Å². The molecule has 10 heteroatoms. The highest BCUT2D eigenvalue weighted by Crippen LogP contribution is 2.36. The SMILES string of the molecule is COC(=O)c1ccc(CNC(=O)C(O)CCNC(=O)[C@@H]2OC(c3ccc(O)cc3)OCC2(C)C)cc1. The van der Waals surface area contributed by atoms with Gasteiger partial charge in [-0.2, -0.15) is 0 Å². The predicted octanol–water partition coefficient (Wildman–Crippen LogP) is 1.80. The molecule has 1 aliphatic heterocycles. The maximum absolute atomic E-state index is 12.9. The summed E-state index contributed by atoms with van der Waals surface area (Å²) in [7, 11) is 1.30. The molecule has 3 rings (SSSR count). The molecule has 3 atom stereocenters. The monoisotopic (exact) mass is 500 g/mol. The minimum absolute atomic E-state index is 0.0177. The number of hydrogen-bond acceptors (Lipinski definition) is 8. The molecule has 1 fully saturated rings. The maximum atomic E-state index is 12.9. The molecule has 1 aliphatic rings. The van der Waals surface area contributed by atoms with Crippen molar-refractivity contribution in [3.63, 3.8) is 0 Å². The number of esters is 1. The number of phenolic OH excluding ortho intramolecular Hbond substituents is 1. The number of nitrogens with one attached hydrogen (secondary N) is 2. The Bertz CT molecular complexity index is 1050. The first-order valence-electron chi connectivity index (χ1n) is 11.6. The van der Waals surface area contributed by atoms with Gasteiger partial charge in [0.2, 0.25) is 11.8 Å². The highest BCUT2D eigenvalue weighted by molar-refractivity contribution is 5.89. The first-order valence-corrected chi connectivity index (χ1v) is 11.6. The van der Waals surface area contributed by atoms with E-state index in [1.165, 1.54) is 19.2 Å². The first kappa shape index (κ1) is 27.1. The topological polar surface area (TPSA) is 143 Å². The van der Waals surface area contributed by atoms with Gasteiger partial charge in [0.15, 0.2) is 6.29 Å². The van der Waals surface area contributed by atoms with Crippen molar-refractivity contribution in [2.75, 3.05) is 20.3 Å². The van der Waals surface area contributed by atoms with Crippen molar-refractivity contribution in [1.82, 2.24) is 10.6 Å². The molecule has 0 bridgehead atoms. The van der Waals surface area contributed by atoms with Gasteiger partial charge in [-0.15, -0.1) is 0 Å². The molecule has 0 aromatic heterocycles. The van der Waals surface area contributed by atoms with Crippen LogP contribution in [0.15, 0.2) is 48.5 Å². The lowest BCUT2D eigenvalue weighted by atomic mass is 9.85. The van der Waals surface area contributed by atoms with E-state index in [2.05, 4.69) is 15.4 Å². The molecule has 4 N–H and O–H groups in total. The summed E-state index contributed by atoms with van der Waals surface area (Å²) in [5.41, 5.74) is 1.22. The van der Waals surface area contributed by atoms with Crippen molar-refractivity contribution in [3.05, 3.63) is 65.2 Å². The largest absolute Gasteiger partial charge is 0.508 e. The molecule has 2 unspecified atom stereocenters. The third-order valence-corrected chi connectivity index (χ3v) is 5.84. The van der Waals surface area contributed by atoms with E-state index in [9.17, 15) is 24.6 Å². The van der Waals surface area contributed by atoms with Crippen molar-refractivity contribution in [1.29, 1.82) is 0 Å². The Kier molecular flexibility index (Phi) is 9.03. The van der Waals surface area contributed by atoms with Crippen molar-refractivity contribution >= 4 is 17.8 Å². The van der Waals surface area contributed by atoms with E-state index in [4.69, 9.17) is 9.47 Å². The summed E-state index contributed by atoms with van der Waals surface area (Å²) in [4.78, 5) is 36.6. The fraction of sp³-hybridized carbons (Fsp3) is 0.423. The molecular weight excluding hydrogens is 468 g/mol. The molecule has 194 valence electrons. The Balaban J connectivity index is 1.45. The van der Waals surface area contributed by atoms with Crippen LogP contribution in [0.3, 0.4) is 0 Å². The first-order chi connectivity index (χ1) is 17.1. The van der Waals surface area contributed by atoms with Gasteiger partial charge in [-0.1, -0.05) is 38.1 Å². The van der Waals surface area contributed by atoms with Crippen LogP contribution in [0.25, 0.3) is 0 Å². The van der Waals surface area contributed by atoms with Gasteiger partial charge in [0.25, 0.3) is 0 Å². The number of carbonyl (C=O) groups is 3. The van der Waals surface area contributed by atoms with E-state index in [-0.39, 0.29) is 37.8 Å². The number of amides is 2. The summed E-state index contributed by atoms with van der Waals surface area (Å²) in [5.74, 6) is -1.28. The number of methoxy groups -OCH3 is 1. The Morgan fingerprint density at radius 1 is 1.08 bits per heavy atom. The number of aromatic hydroxyl groups is 1. The van der Waals surface area contributed by atoms with E-state index in [1.807, 2.05) is 13.8 Å². The lowest BCUT2D eigenvalue weighted by Gasteiger charge is -2.41. The molecule has 1 heterocycles. The molecule has 10 nitrogen and oxygen atoms in total. The predicted molar refractivity (Wildman–Crippen MR) is 129 cm³/mol. The van der Waals surface area contributed by atoms with E-state index in [0.29, 0.717) is 11.1 Å². The Morgan fingerprint density at radius 2 is 1.75 bits per heavy atom. The van der Waals surface area contributed by atoms with Crippen LogP contribution in [0.2, 0.25) is 0 Å². The normalized spacial score (nSPS) is 19.7. The van der Waals surface area contributed by atoms with Gasteiger partial charge in [-0.05, 0) is 36.2 Å². The fourth-order valence-electron chi connectivity index (χ4n) is 3.68. The van der Waals surface area contributed by atoms with Gasteiger partial charge < -0.3 is 35.1 Å². The molecule has 0 radical (unpaired) electrons. The fourth-order valence-corrected chi connectivity index (χ4v) is 3.68. The second-order valence-corrected chi connectivity index (χ2v) is 9.24. The molecule has 0 spiro atoms. The van der Waals surface area contributed by atoms with Crippen molar-refractivity contribution in [2.45, 2.75) is 45.3 Å². The lowest BCUT2D eigenvalue weighted by molar-refractivity contribution is -0.258. The van der Waals surface area contributed by atoms with E-state index in [0.717, 1.165) is 5.56 Å². The van der Waals surface area contributed by atoms with Crippen molar-refractivity contribution < 1.29 is 38.8 Å². The zero-order chi connectivity index (χ0) is 26.3. The molecular formula is C26H32N2O8. The van der Waals surface area contributed by atoms with Gasteiger partial charge in [-0.25, -0.2) is 4.79 Å². The second-order valence-electron chi connectivity index (χ2n) is 9.24. The zero-order valence-electron chi connectivity index (χ0n) is 20.5. The number of benzene rings is 2. The number of phenols is 1. The van der Waals surface area contributed by atoms with Crippen LogP contribution in [-0.2, 0) is 30.3 Å². The molecule has 1 saturated heterocycles. The van der Waals surface area contributed by atoms with Crippen LogP contribution >= 0.6 is 0 Å². The second kappa shape index (κ2) is 12.0. The minimum Gasteiger partial charge on any atom is -0.508 e. The standard InChI is InChI=1S/C26H32N2O8/c1-26(2)15-35-25(18-8-10-19(29)11-9-18)36-21(26)23(32)27-13-12-20(30)22(31)28-14-16-4-6-17(7-5-16)24(33)34-3/h4-11,20-21,25,29-30H,12-15H2,1-3H3,(H,27,32)(H,28,31)/t20?,21-,25?/m0/s1. The highest BCUT2D eigenvalue weighted by Gasteiger charge is 2.43. The van der Waals surface area contributed by atoms with Crippen LogP contribution in [0.5, 0.6) is 5.75 Å². The van der Waals surface area contributed by atoms with Crippen molar-refractivity contribution in [2.24, 2.45) is 5.41 Å². The molecule has 36 heavy (non-hydrogen) atoms. The average molecular weight is 501 g/mol. The van der Waals surface area contributed by atoms with Gasteiger partial charge in [-0.3, -0.25) is 9.59 Å². The molecule has 2 amide bonds. The number of aliphatic hydroxyl groups excluding tert-OH is 1. The summed E-state index contributed by atoms with van der Waals surface area (Å²) in [6, 6.07) is 12.9. The summed E-state index contributed by atoms with van der Waals surface area (Å²) < 4.78 is 16.3. The van der Waals surface area contributed by atoms with Crippen LogP contribution in [-0.4, -0.2) is 60.5 Å². The molecule has 0 saturated carbocycles. The minimum atomic E-state index is -1.31. The highest BCUT2D eigenvalue weighted by atomic mass is 16.7. The quantitative estimate of drug-likeness (QED) is 0.382. The number of ether oxygens (including phenoxy) is 3. The van der Waals surface area contributed by atoms with Crippen molar-refractivity contribution in [3.8, 4) is 5.75 Å². The maximum Gasteiger partial charge on any atom is 0.337 e. The van der Waals surface area contributed by atoms with E-state index >= 15 is 0 Å². The third-order valence-electron chi connectivity index (χ3n) is 5.84. The van der Waals surface area contributed by atoms with Crippen LogP contribution < -0.4 is 10.6 Å². The molecule has 0 aliphatic carbocycles. The van der Waals surface area contributed by atoms with Gasteiger partial charge in [0.05, 0.1) is 19.3 Å². The third kappa shape index (κ3) is 7.03. The van der Waals surface area contributed by atoms with E-state index < -0.39 is 35.8 Å². The number of rotatable bonds is 9. The smallest absolute Gasteiger partial charge is 0.337 e. The number of hydrogen-bond donors (Lipinski definition) is 4. The van der Waals surface area contributed by atoms with Crippen LogP contribution in [0, 0.1) is 5.41 Å². The van der Waals surface area contributed by atoms with Gasteiger partial charge in [0, 0.05) is 24.1 Å². The Labute approximate surface area is 209 Å². The van der Waals surface area contributed by atoms with Gasteiger partial charge in [0.1, 0.15) is 18.0 Å². The average Bonchev–Trinajstić information content (AvgIpc) is 2.87. The Morgan fingerprint density at radius 3 is 2.39 bits per heavy atom. The summed E-state index contributed by atoms with van der Waals surface area (Å²) in [6.07, 6.45) is -2.87. The molecule has 2 aromatic carbocycles. The van der Waals surface area contributed by atoms with E-state index in [1.54, 1.807) is 36.4 Å². The summed E-state index contributed by atoms with van der Waals surface area (Å²) >= 11 is 0.